The van der Waals surface area contributed by atoms with E-state index in [2.05, 4.69) is 28.8 Å². The molecule has 0 bridgehead atoms. The third kappa shape index (κ3) is 9.73. The number of guanidine groups is 1. The van der Waals surface area contributed by atoms with E-state index in [0.29, 0.717) is 13.2 Å². The van der Waals surface area contributed by atoms with Gasteiger partial charge >= 0.3 is 0 Å². The number of thioether (sulfide) groups is 1. The lowest BCUT2D eigenvalue weighted by Crippen LogP contribution is -2.37. The highest BCUT2D eigenvalue weighted by Gasteiger charge is 1.97. The summed E-state index contributed by atoms with van der Waals surface area (Å²) in [4.78, 5) is 4.55. The van der Waals surface area contributed by atoms with Crippen LogP contribution in [0.3, 0.4) is 0 Å². The summed E-state index contributed by atoms with van der Waals surface area (Å²) in [5, 5.41) is 6.63. The zero-order valence-electron chi connectivity index (χ0n) is 13.8. The van der Waals surface area contributed by atoms with Gasteiger partial charge in [-0.3, -0.25) is 4.99 Å². The molecule has 126 valence electrons. The monoisotopic (exact) mass is 327 g/mol. The summed E-state index contributed by atoms with van der Waals surface area (Å²) in [7, 11) is 0. The Morgan fingerprint density at radius 2 is 2.23 bits per heavy atom. The fraction of sp³-hybridized carbons (Fsp3) is 0.688. The standard InChI is InChI=1S/C16H29N3O2S/c1-3-17-16(18-9-4-5-13-22-2)19-10-7-11-20-14-15-8-6-12-21-15/h6,8,12H,3-5,7,9-11,13-14H2,1-2H3,(H2,17,18,19). The second-order valence-electron chi connectivity index (χ2n) is 4.87. The lowest BCUT2D eigenvalue weighted by molar-refractivity contribution is 0.105. The summed E-state index contributed by atoms with van der Waals surface area (Å²) >= 11 is 1.90. The van der Waals surface area contributed by atoms with E-state index < -0.39 is 0 Å². The number of hydrogen-bond acceptors (Lipinski definition) is 4. The fourth-order valence-corrected chi connectivity index (χ4v) is 2.34. The van der Waals surface area contributed by atoms with Gasteiger partial charge in [0.1, 0.15) is 12.4 Å². The zero-order chi connectivity index (χ0) is 15.9. The molecule has 5 nitrogen and oxygen atoms in total. The molecule has 0 fully saturated rings. The lowest BCUT2D eigenvalue weighted by atomic mass is 10.3. The Labute approximate surface area is 138 Å². The van der Waals surface area contributed by atoms with Gasteiger partial charge in [0.15, 0.2) is 5.96 Å². The number of nitrogens with one attached hydrogen (secondary N) is 2. The van der Waals surface area contributed by atoms with E-state index in [1.54, 1.807) is 6.26 Å². The third-order valence-corrected chi connectivity index (χ3v) is 3.65. The van der Waals surface area contributed by atoms with Crippen molar-refractivity contribution in [3.63, 3.8) is 0 Å². The molecule has 22 heavy (non-hydrogen) atoms. The molecule has 0 atom stereocenters. The smallest absolute Gasteiger partial charge is 0.191 e. The Morgan fingerprint density at radius 3 is 2.95 bits per heavy atom. The van der Waals surface area contributed by atoms with Crippen molar-refractivity contribution in [1.82, 2.24) is 10.6 Å². The van der Waals surface area contributed by atoms with Gasteiger partial charge in [0.25, 0.3) is 0 Å². The van der Waals surface area contributed by atoms with E-state index >= 15 is 0 Å². The minimum atomic E-state index is 0.532. The second-order valence-corrected chi connectivity index (χ2v) is 5.86. The first-order valence-corrected chi connectivity index (χ1v) is 9.37. The topological polar surface area (TPSA) is 58.8 Å². The van der Waals surface area contributed by atoms with Gasteiger partial charge in [-0.25, -0.2) is 0 Å². The molecule has 0 aliphatic rings. The zero-order valence-corrected chi connectivity index (χ0v) is 14.6. The van der Waals surface area contributed by atoms with E-state index in [1.165, 1.54) is 18.6 Å². The van der Waals surface area contributed by atoms with Crippen LogP contribution >= 0.6 is 11.8 Å². The molecule has 0 saturated carbocycles. The Hall–Kier alpha value is -1.14. The van der Waals surface area contributed by atoms with Gasteiger partial charge in [0.2, 0.25) is 0 Å². The van der Waals surface area contributed by atoms with E-state index in [9.17, 15) is 0 Å². The van der Waals surface area contributed by atoms with Crippen LogP contribution in [0.4, 0.5) is 0 Å². The number of ether oxygens (including phenoxy) is 1. The summed E-state index contributed by atoms with van der Waals surface area (Å²) in [6.45, 7) is 5.92. The van der Waals surface area contributed by atoms with Crippen molar-refractivity contribution < 1.29 is 9.15 Å². The van der Waals surface area contributed by atoms with Crippen LogP contribution in [0.5, 0.6) is 0 Å². The average Bonchev–Trinajstić information content (AvgIpc) is 3.03. The van der Waals surface area contributed by atoms with Gasteiger partial charge in [-0.1, -0.05) is 0 Å². The molecule has 0 aliphatic carbocycles. The molecule has 0 amide bonds. The molecular weight excluding hydrogens is 298 g/mol. The molecule has 6 heteroatoms. The van der Waals surface area contributed by atoms with Crippen molar-refractivity contribution in [2.45, 2.75) is 32.8 Å². The molecule has 1 aromatic heterocycles. The predicted molar refractivity (Wildman–Crippen MR) is 94.6 cm³/mol. The van der Waals surface area contributed by atoms with E-state index in [4.69, 9.17) is 9.15 Å². The van der Waals surface area contributed by atoms with Crippen molar-refractivity contribution in [1.29, 1.82) is 0 Å². The van der Waals surface area contributed by atoms with Gasteiger partial charge in [0, 0.05) is 26.2 Å². The van der Waals surface area contributed by atoms with Crippen LogP contribution in [0.15, 0.2) is 27.8 Å². The summed E-state index contributed by atoms with van der Waals surface area (Å²) < 4.78 is 10.7. The molecule has 2 N–H and O–H groups in total. The van der Waals surface area contributed by atoms with Crippen molar-refractivity contribution in [2.75, 3.05) is 38.2 Å². The summed E-state index contributed by atoms with van der Waals surface area (Å²) in [6, 6.07) is 3.79. The molecule has 0 radical (unpaired) electrons. The molecule has 1 heterocycles. The highest BCUT2D eigenvalue weighted by atomic mass is 32.2. The summed E-state index contributed by atoms with van der Waals surface area (Å²) in [5.74, 6) is 2.99. The van der Waals surface area contributed by atoms with Crippen molar-refractivity contribution >= 4 is 17.7 Å². The third-order valence-electron chi connectivity index (χ3n) is 2.95. The van der Waals surface area contributed by atoms with Gasteiger partial charge in [0.05, 0.1) is 6.26 Å². The van der Waals surface area contributed by atoms with Crippen molar-refractivity contribution in [3.8, 4) is 0 Å². The Kier molecular flexibility index (Phi) is 11.6. The molecule has 0 spiro atoms. The van der Waals surface area contributed by atoms with Crippen LogP contribution < -0.4 is 10.6 Å². The number of nitrogens with zero attached hydrogens (tertiary/aromatic N) is 1. The number of rotatable bonds is 12. The summed E-state index contributed by atoms with van der Waals surface area (Å²) in [5.41, 5.74) is 0. The van der Waals surface area contributed by atoms with Gasteiger partial charge in [-0.2, -0.15) is 11.8 Å². The Morgan fingerprint density at radius 1 is 1.32 bits per heavy atom. The predicted octanol–water partition coefficient (Wildman–Crippen LogP) is 2.88. The molecule has 0 saturated heterocycles. The largest absolute Gasteiger partial charge is 0.467 e. The average molecular weight is 327 g/mol. The van der Waals surface area contributed by atoms with Crippen LogP contribution in [0.1, 0.15) is 31.9 Å². The molecule has 1 aromatic rings. The fourth-order valence-electron chi connectivity index (χ4n) is 1.84. The van der Waals surface area contributed by atoms with E-state index in [1.807, 2.05) is 23.9 Å². The van der Waals surface area contributed by atoms with E-state index in [0.717, 1.165) is 37.8 Å². The maximum Gasteiger partial charge on any atom is 0.191 e. The molecular formula is C16H29N3O2S. The van der Waals surface area contributed by atoms with Crippen LogP contribution in [0.25, 0.3) is 0 Å². The van der Waals surface area contributed by atoms with Gasteiger partial charge in [-0.05, 0) is 50.3 Å². The highest BCUT2D eigenvalue weighted by Crippen LogP contribution is 2.02. The molecule has 0 aromatic carbocycles. The normalized spacial score (nSPS) is 11.6. The van der Waals surface area contributed by atoms with E-state index in [-0.39, 0.29) is 0 Å². The highest BCUT2D eigenvalue weighted by molar-refractivity contribution is 7.98. The van der Waals surface area contributed by atoms with Crippen LogP contribution in [0, 0.1) is 0 Å². The molecule has 0 unspecified atom stereocenters. The van der Waals surface area contributed by atoms with Crippen LogP contribution in [-0.2, 0) is 11.3 Å². The minimum absolute atomic E-state index is 0.532. The van der Waals surface area contributed by atoms with Crippen molar-refractivity contribution in [2.24, 2.45) is 4.99 Å². The van der Waals surface area contributed by atoms with Crippen molar-refractivity contribution in [3.05, 3.63) is 24.2 Å². The number of aliphatic imine (C=N–C) groups is 1. The van der Waals surface area contributed by atoms with Gasteiger partial charge < -0.3 is 19.8 Å². The first-order valence-electron chi connectivity index (χ1n) is 7.98. The number of furan rings is 1. The Balaban J connectivity index is 2.07. The first-order chi connectivity index (χ1) is 10.9. The summed E-state index contributed by atoms with van der Waals surface area (Å²) in [6.07, 6.45) is 7.14. The second kappa shape index (κ2) is 13.5. The SMILES string of the molecule is CCNC(=NCCCOCc1ccco1)NCCCCSC. The Bertz CT molecular complexity index is 383. The van der Waals surface area contributed by atoms with Crippen LogP contribution in [0.2, 0.25) is 0 Å². The maximum absolute atomic E-state index is 5.54. The van der Waals surface area contributed by atoms with Gasteiger partial charge in [-0.15, -0.1) is 0 Å². The number of hydrogen-bond donors (Lipinski definition) is 2. The first kappa shape index (κ1) is 18.9. The quantitative estimate of drug-likeness (QED) is 0.351. The lowest BCUT2D eigenvalue weighted by Gasteiger charge is -2.11. The van der Waals surface area contributed by atoms with Crippen LogP contribution in [-0.4, -0.2) is 44.2 Å². The molecule has 0 aliphatic heterocycles. The number of unbranched alkanes of at least 4 members (excludes halogenated alkanes) is 1. The maximum atomic E-state index is 5.54. The minimum Gasteiger partial charge on any atom is -0.467 e. The molecule has 1 rings (SSSR count).